The van der Waals surface area contributed by atoms with E-state index in [1.54, 1.807) is 0 Å². The number of esters is 2. The summed E-state index contributed by atoms with van der Waals surface area (Å²) in [6.45, 7) is 3.14. The smallest absolute Gasteiger partial charge is 0.306 e. The molecule has 1 fully saturated rings. The van der Waals surface area contributed by atoms with Crippen LogP contribution in [-0.2, 0) is 28.5 Å². The molecule has 0 unspecified atom stereocenters. The number of rotatable bonds is 33. The molecule has 0 aromatic carbocycles. The van der Waals surface area contributed by atoms with Crippen molar-refractivity contribution in [2.45, 2.75) is 179 Å². The van der Waals surface area contributed by atoms with Gasteiger partial charge in [-0.1, -0.05) is 125 Å². The molecule has 0 spiro atoms. The molecule has 1 rings (SSSR count). The van der Waals surface area contributed by atoms with Gasteiger partial charge in [0.1, 0.15) is 31.0 Å². The topological polar surface area (TPSA) is 152 Å². The van der Waals surface area contributed by atoms with Gasteiger partial charge < -0.3 is 39.4 Å². The lowest BCUT2D eigenvalue weighted by Crippen LogP contribution is -2.59. The minimum absolute atomic E-state index is 0.202. The largest absolute Gasteiger partial charge is 0.462 e. The third-order valence-electron chi connectivity index (χ3n) is 9.09. The molecule has 0 aromatic rings. The molecule has 0 aliphatic carbocycles. The van der Waals surface area contributed by atoms with E-state index in [2.05, 4.69) is 86.8 Å². The molecular weight excluding hydrogens is 700 g/mol. The molecule has 55 heavy (non-hydrogen) atoms. The number of aliphatic hydroxyl groups excluding tert-OH is 4. The number of hydrogen-bond donors (Lipinski definition) is 4. The summed E-state index contributed by atoms with van der Waals surface area (Å²) in [6.07, 6.45) is 36.2. The van der Waals surface area contributed by atoms with Crippen LogP contribution in [0.4, 0.5) is 0 Å². The molecule has 0 amide bonds. The number of carbonyl (C=O) groups excluding carboxylic acids is 2. The Kier molecular flexibility index (Phi) is 32.4. The monoisotopic (exact) mass is 775 g/mol. The normalized spacial score (nSPS) is 21.3. The predicted molar refractivity (Wildman–Crippen MR) is 219 cm³/mol. The van der Waals surface area contributed by atoms with Gasteiger partial charge >= 0.3 is 11.9 Å². The van der Waals surface area contributed by atoms with Gasteiger partial charge in [0.2, 0.25) is 0 Å². The van der Waals surface area contributed by atoms with Gasteiger partial charge in [-0.15, -0.1) is 0 Å². The van der Waals surface area contributed by atoms with Gasteiger partial charge in [-0.05, 0) is 77.0 Å². The third-order valence-corrected chi connectivity index (χ3v) is 9.09. The summed E-state index contributed by atoms with van der Waals surface area (Å²) in [5.41, 5.74) is 0. The first kappa shape index (κ1) is 50.2. The average molecular weight is 775 g/mol. The van der Waals surface area contributed by atoms with Gasteiger partial charge in [0, 0.05) is 12.8 Å². The molecule has 314 valence electrons. The molecule has 6 atom stereocenters. The lowest BCUT2D eigenvalue weighted by atomic mass is 9.99. The van der Waals surface area contributed by atoms with Gasteiger partial charge in [-0.3, -0.25) is 9.59 Å². The van der Waals surface area contributed by atoms with Crippen molar-refractivity contribution in [2.24, 2.45) is 0 Å². The number of hydrogen-bond acceptors (Lipinski definition) is 10. The maximum atomic E-state index is 12.7. The highest BCUT2D eigenvalue weighted by molar-refractivity contribution is 5.70. The Labute approximate surface area is 332 Å². The van der Waals surface area contributed by atoms with Crippen molar-refractivity contribution in [1.82, 2.24) is 0 Å². The van der Waals surface area contributed by atoms with Crippen molar-refractivity contribution in [3.8, 4) is 0 Å². The first-order valence-corrected chi connectivity index (χ1v) is 21.0. The highest BCUT2D eigenvalue weighted by Gasteiger charge is 2.44. The fraction of sp³-hybridized carbons (Fsp3) is 0.689. The van der Waals surface area contributed by atoms with Crippen LogP contribution in [0.5, 0.6) is 0 Å². The van der Waals surface area contributed by atoms with Crippen LogP contribution in [0.3, 0.4) is 0 Å². The molecule has 0 bridgehead atoms. The van der Waals surface area contributed by atoms with Gasteiger partial charge in [0.05, 0.1) is 13.2 Å². The van der Waals surface area contributed by atoms with Crippen LogP contribution in [-0.4, -0.2) is 89.0 Å². The zero-order chi connectivity index (χ0) is 40.2. The second-order valence-electron chi connectivity index (χ2n) is 14.0. The van der Waals surface area contributed by atoms with Crippen LogP contribution in [0.2, 0.25) is 0 Å². The lowest BCUT2D eigenvalue weighted by Gasteiger charge is -2.39. The summed E-state index contributed by atoms with van der Waals surface area (Å²) >= 11 is 0. The van der Waals surface area contributed by atoms with Crippen LogP contribution in [0.25, 0.3) is 0 Å². The van der Waals surface area contributed by atoms with E-state index in [1.807, 2.05) is 0 Å². The van der Waals surface area contributed by atoms with Crippen molar-refractivity contribution < 1.29 is 49.0 Å². The predicted octanol–water partition coefficient (Wildman–Crippen LogP) is 8.44. The van der Waals surface area contributed by atoms with Crippen LogP contribution in [0, 0.1) is 0 Å². The van der Waals surface area contributed by atoms with Gasteiger partial charge in [-0.2, -0.15) is 0 Å². The van der Waals surface area contributed by atoms with E-state index in [9.17, 15) is 30.0 Å². The molecule has 0 aromatic heterocycles. The molecule has 0 radical (unpaired) electrons. The minimum atomic E-state index is -1.60. The highest BCUT2D eigenvalue weighted by atomic mass is 16.7. The average Bonchev–Trinajstić information content (AvgIpc) is 3.18. The summed E-state index contributed by atoms with van der Waals surface area (Å²) < 4.78 is 22.1. The number of ether oxygens (including phenoxy) is 4. The van der Waals surface area contributed by atoms with E-state index >= 15 is 0 Å². The maximum Gasteiger partial charge on any atom is 0.306 e. The Morgan fingerprint density at radius 1 is 0.564 bits per heavy atom. The summed E-state index contributed by atoms with van der Waals surface area (Å²) in [5, 5.41) is 40.0. The second-order valence-corrected chi connectivity index (χ2v) is 14.0. The van der Waals surface area contributed by atoms with Crippen molar-refractivity contribution in [1.29, 1.82) is 0 Å². The summed E-state index contributed by atoms with van der Waals surface area (Å²) in [6, 6.07) is 0. The van der Waals surface area contributed by atoms with E-state index in [4.69, 9.17) is 18.9 Å². The molecule has 1 saturated heterocycles. The number of carbonyl (C=O) groups is 2. The quantitative estimate of drug-likeness (QED) is 0.0291. The van der Waals surface area contributed by atoms with Gasteiger partial charge in [0.25, 0.3) is 0 Å². The van der Waals surface area contributed by atoms with E-state index in [-0.39, 0.29) is 26.1 Å². The van der Waals surface area contributed by atoms with E-state index in [0.29, 0.717) is 12.8 Å². The highest BCUT2D eigenvalue weighted by Crippen LogP contribution is 2.22. The lowest BCUT2D eigenvalue weighted by molar-refractivity contribution is -0.305. The Hall–Kier alpha value is -2.86. The SMILES string of the molecule is CC/C=C\C/C=C\C/C=C\CCCCCCCC(=O)OC[C@H](CO[C@@H]1O[C@H](CO)[C@@H](O)[C@H](O)[C@@H]1O)OC(=O)CCCCCCC/C=C\C/C=C\C/C=C\CC. The number of allylic oxidation sites excluding steroid dienone is 12. The molecule has 1 aliphatic heterocycles. The van der Waals surface area contributed by atoms with E-state index < -0.39 is 55.4 Å². The Balaban J connectivity index is 2.39. The van der Waals surface area contributed by atoms with Crippen LogP contribution in [0.1, 0.15) is 142 Å². The van der Waals surface area contributed by atoms with Gasteiger partial charge in [-0.25, -0.2) is 0 Å². The van der Waals surface area contributed by atoms with Crippen LogP contribution >= 0.6 is 0 Å². The second kappa shape index (κ2) is 35.5. The zero-order valence-corrected chi connectivity index (χ0v) is 33.9. The number of aliphatic hydroxyl groups is 4. The molecule has 1 heterocycles. The zero-order valence-electron chi connectivity index (χ0n) is 33.9. The molecular formula is C45H74O10. The molecule has 10 nitrogen and oxygen atoms in total. The van der Waals surface area contributed by atoms with Crippen molar-refractivity contribution in [3.05, 3.63) is 72.9 Å². The van der Waals surface area contributed by atoms with Crippen LogP contribution in [0.15, 0.2) is 72.9 Å². The van der Waals surface area contributed by atoms with E-state index in [1.165, 1.54) is 0 Å². The number of unbranched alkanes of at least 4 members (excludes halogenated alkanes) is 10. The van der Waals surface area contributed by atoms with Crippen molar-refractivity contribution >= 4 is 11.9 Å². The molecule has 0 saturated carbocycles. The third kappa shape index (κ3) is 27.4. The molecule has 1 aliphatic rings. The molecule has 4 N–H and O–H groups in total. The van der Waals surface area contributed by atoms with Crippen LogP contribution < -0.4 is 0 Å². The van der Waals surface area contributed by atoms with Crippen molar-refractivity contribution in [3.63, 3.8) is 0 Å². The fourth-order valence-electron chi connectivity index (χ4n) is 5.80. The Bertz CT molecular complexity index is 1120. The fourth-order valence-corrected chi connectivity index (χ4v) is 5.80. The van der Waals surface area contributed by atoms with Gasteiger partial charge in [0.15, 0.2) is 12.4 Å². The first-order valence-electron chi connectivity index (χ1n) is 21.0. The Morgan fingerprint density at radius 2 is 1.02 bits per heavy atom. The standard InChI is InChI=1S/C45H74O10/c1-3-5-7-9-11-13-15-17-19-21-23-25-27-29-31-33-40(47)52-36-38(37-53-45-44(51)43(50)42(49)39(35-46)55-45)54-41(48)34-32-30-28-26-24-22-20-18-16-14-12-10-8-6-4-2/h5-8,11-14,17-20,38-39,42-46,49-51H,3-4,9-10,15-16,21-37H2,1-2H3/b7-5-,8-6-,13-11-,14-12-,19-17-,20-18-/t38-,39-,42-,43+,44+,45-/m1/s1. The summed E-state index contributed by atoms with van der Waals surface area (Å²) in [5.74, 6) is -0.855. The van der Waals surface area contributed by atoms with E-state index in [0.717, 1.165) is 103 Å². The summed E-state index contributed by atoms with van der Waals surface area (Å²) in [7, 11) is 0. The minimum Gasteiger partial charge on any atom is -0.462 e. The molecule has 10 heteroatoms. The Morgan fingerprint density at radius 3 is 1.53 bits per heavy atom. The summed E-state index contributed by atoms with van der Waals surface area (Å²) in [4.78, 5) is 25.3. The maximum absolute atomic E-state index is 12.7. The van der Waals surface area contributed by atoms with Crippen molar-refractivity contribution in [2.75, 3.05) is 19.8 Å². The first-order chi connectivity index (χ1) is 26.8.